The van der Waals surface area contributed by atoms with Crippen molar-refractivity contribution in [3.05, 3.63) is 25.9 Å². The maximum Gasteiger partial charge on any atom is 0.328 e. The molecule has 0 spiro atoms. The van der Waals surface area contributed by atoms with Gasteiger partial charge >= 0.3 is 5.97 Å². The standard InChI is InChI=1S/C13H19N3O5S/c1-8-10(16(19)20)7-11(22-8)12(17)15-9(13(18)21-2)5-3-4-6-14/h7,9H,3-6,14H2,1-2H3,(H,15,17)/t9-/m0/s1. The topological polar surface area (TPSA) is 125 Å². The summed E-state index contributed by atoms with van der Waals surface area (Å²) in [5.74, 6) is -1.07. The fourth-order valence-electron chi connectivity index (χ4n) is 1.88. The predicted octanol–water partition coefficient (Wildman–Crippen LogP) is 1.37. The van der Waals surface area contributed by atoms with E-state index in [1.165, 1.54) is 13.2 Å². The Morgan fingerprint density at radius 3 is 2.68 bits per heavy atom. The molecule has 0 bridgehead atoms. The summed E-state index contributed by atoms with van der Waals surface area (Å²) in [6, 6.07) is 0.425. The molecule has 122 valence electrons. The van der Waals surface area contributed by atoms with Crippen LogP contribution in [0.25, 0.3) is 0 Å². The lowest BCUT2D eigenvalue weighted by Crippen LogP contribution is -2.41. The Morgan fingerprint density at radius 1 is 1.50 bits per heavy atom. The lowest BCUT2D eigenvalue weighted by atomic mass is 10.1. The van der Waals surface area contributed by atoms with Crippen LogP contribution >= 0.6 is 11.3 Å². The summed E-state index contributed by atoms with van der Waals surface area (Å²) in [6.45, 7) is 2.07. The number of nitro groups is 1. The first-order chi connectivity index (χ1) is 10.4. The number of rotatable bonds is 8. The van der Waals surface area contributed by atoms with E-state index in [1.807, 2.05) is 0 Å². The number of hydrogen-bond donors (Lipinski definition) is 2. The van der Waals surface area contributed by atoms with E-state index in [0.29, 0.717) is 24.3 Å². The molecule has 1 aromatic rings. The lowest BCUT2D eigenvalue weighted by Gasteiger charge is -2.15. The second kappa shape index (κ2) is 8.44. The average molecular weight is 329 g/mol. The Labute approximate surface area is 131 Å². The molecule has 0 aliphatic carbocycles. The van der Waals surface area contributed by atoms with Crippen LogP contribution in [0, 0.1) is 17.0 Å². The zero-order valence-electron chi connectivity index (χ0n) is 12.5. The van der Waals surface area contributed by atoms with Crippen LogP contribution in [0.15, 0.2) is 6.07 Å². The van der Waals surface area contributed by atoms with Gasteiger partial charge in [-0.15, -0.1) is 11.3 Å². The number of hydrogen-bond acceptors (Lipinski definition) is 7. The van der Waals surface area contributed by atoms with Crippen molar-refractivity contribution in [2.75, 3.05) is 13.7 Å². The van der Waals surface area contributed by atoms with Gasteiger partial charge in [0.1, 0.15) is 6.04 Å². The first kappa shape index (κ1) is 18.1. The molecule has 0 aliphatic rings. The monoisotopic (exact) mass is 329 g/mol. The molecule has 0 aromatic carbocycles. The SMILES string of the molecule is COC(=O)[C@H](CCCCN)NC(=O)c1cc([N+](=O)[O-])c(C)s1. The molecule has 22 heavy (non-hydrogen) atoms. The van der Waals surface area contributed by atoms with Gasteiger partial charge in [0, 0.05) is 6.07 Å². The third kappa shape index (κ3) is 4.78. The average Bonchev–Trinajstić information content (AvgIpc) is 2.87. The Morgan fingerprint density at radius 2 is 2.18 bits per heavy atom. The highest BCUT2D eigenvalue weighted by molar-refractivity contribution is 7.14. The molecule has 0 saturated carbocycles. The van der Waals surface area contributed by atoms with Crippen LogP contribution in [0.2, 0.25) is 0 Å². The van der Waals surface area contributed by atoms with Gasteiger partial charge in [-0.3, -0.25) is 14.9 Å². The van der Waals surface area contributed by atoms with E-state index in [1.54, 1.807) is 6.92 Å². The Kier molecular flexibility index (Phi) is 6.93. The molecule has 9 heteroatoms. The minimum atomic E-state index is -0.787. The van der Waals surface area contributed by atoms with Gasteiger partial charge in [0.25, 0.3) is 11.6 Å². The zero-order valence-corrected chi connectivity index (χ0v) is 13.3. The van der Waals surface area contributed by atoms with Crippen LogP contribution in [0.4, 0.5) is 5.69 Å². The Bertz CT molecular complexity index is 558. The van der Waals surface area contributed by atoms with Gasteiger partial charge in [0.15, 0.2) is 0 Å². The smallest absolute Gasteiger partial charge is 0.328 e. The molecule has 1 aromatic heterocycles. The highest BCUT2D eigenvalue weighted by Crippen LogP contribution is 2.28. The van der Waals surface area contributed by atoms with Crippen LogP contribution in [0.1, 0.15) is 33.8 Å². The van der Waals surface area contributed by atoms with Crippen LogP contribution in [-0.4, -0.2) is 36.5 Å². The number of carbonyl (C=O) groups excluding carboxylic acids is 2. The van der Waals surface area contributed by atoms with Crippen LogP contribution in [0.3, 0.4) is 0 Å². The largest absolute Gasteiger partial charge is 0.467 e. The third-order valence-electron chi connectivity index (χ3n) is 3.05. The van der Waals surface area contributed by atoms with E-state index >= 15 is 0 Å². The van der Waals surface area contributed by atoms with Crippen molar-refractivity contribution in [1.29, 1.82) is 0 Å². The van der Waals surface area contributed by atoms with E-state index < -0.39 is 22.8 Å². The molecule has 0 unspecified atom stereocenters. The molecule has 3 N–H and O–H groups in total. The van der Waals surface area contributed by atoms with Crippen molar-refractivity contribution in [1.82, 2.24) is 5.32 Å². The minimum Gasteiger partial charge on any atom is -0.467 e. The van der Waals surface area contributed by atoms with Crippen molar-refractivity contribution in [3.8, 4) is 0 Å². The maximum atomic E-state index is 12.1. The number of ether oxygens (including phenoxy) is 1. The number of amides is 1. The number of methoxy groups -OCH3 is 1. The van der Waals surface area contributed by atoms with E-state index in [9.17, 15) is 19.7 Å². The number of thiophene rings is 1. The number of unbranched alkanes of at least 4 members (excludes halogenated alkanes) is 1. The quantitative estimate of drug-likeness (QED) is 0.321. The van der Waals surface area contributed by atoms with Crippen molar-refractivity contribution in [2.24, 2.45) is 5.73 Å². The van der Waals surface area contributed by atoms with E-state index in [0.717, 1.165) is 17.8 Å². The molecule has 0 fully saturated rings. The van der Waals surface area contributed by atoms with Gasteiger partial charge in [-0.05, 0) is 32.7 Å². The lowest BCUT2D eigenvalue weighted by molar-refractivity contribution is -0.385. The van der Waals surface area contributed by atoms with E-state index in [2.05, 4.69) is 10.1 Å². The van der Waals surface area contributed by atoms with Gasteiger partial charge in [0.2, 0.25) is 0 Å². The van der Waals surface area contributed by atoms with Crippen molar-refractivity contribution in [2.45, 2.75) is 32.2 Å². The van der Waals surface area contributed by atoms with Crippen molar-refractivity contribution < 1.29 is 19.2 Å². The number of esters is 1. The second-order valence-corrected chi connectivity index (χ2v) is 5.90. The molecule has 1 heterocycles. The summed E-state index contributed by atoms with van der Waals surface area (Å²) in [4.78, 5) is 34.7. The van der Waals surface area contributed by atoms with Gasteiger partial charge in [-0.25, -0.2) is 4.79 Å². The molecule has 0 aliphatic heterocycles. The normalized spacial score (nSPS) is 11.8. The van der Waals surface area contributed by atoms with E-state index in [4.69, 9.17) is 5.73 Å². The zero-order chi connectivity index (χ0) is 16.7. The fraction of sp³-hybridized carbons (Fsp3) is 0.538. The maximum absolute atomic E-state index is 12.1. The number of aryl methyl sites for hydroxylation is 1. The first-order valence-corrected chi connectivity index (χ1v) is 7.56. The summed E-state index contributed by atoms with van der Waals surface area (Å²) in [6.07, 6.45) is 1.80. The molecule has 0 radical (unpaired) electrons. The Balaban J connectivity index is 2.79. The summed E-state index contributed by atoms with van der Waals surface area (Å²) in [5, 5.41) is 13.4. The van der Waals surface area contributed by atoms with Crippen molar-refractivity contribution in [3.63, 3.8) is 0 Å². The molecule has 1 rings (SSSR count). The van der Waals surface area contributed by atoms with Gasteiger partial charge in [0.05, 0.1) is 21.8 Å². The van der Waals surface area contributed by atoms with E-state index in [-0.39, 0.29) is 10.6 Å². The highest BCUT2D eigenvalue weighted by atomic mass is 32.1. The number of nitrogens with zero attached hydrogens (tertiary/aromatic N) is 1. The van der Waals surface area contributed by atoms with Crippen molar-refractivity contribution >= 4 is 28.9 Å². The van der Waals surface area contributed by atoms with Crippen LogP contribution < -0.4 is 11.1 Å². The summed E-state index contributed by atoms with van der Waals surface area (Å²) in [7, 11) is 1.24. The second-order valence-electron chi connectivity index (χ2n) is 4.64. The molecule has 0 saturated heterocycles. The number of nitrogens with one attached hydrogen (secondary N) is 1. The fourth-order valence-corrected chi connectivity index (χ4v) is 2.77. The Hall–Kier alpha value is -2.00. The molecule has 1 atom stereocenters. The molecule has 8 nitrogen and oxygen atoms in total. The summed E-state index contributed by atoms with van der Waals surface area (Å²) >= 11 is 1.01. The molecular formula is C13H19N3O5S. The van der Waals surface area contributed by atoms with Crippen LogP contribution in [0.5, 0.6) is 0 Å². The van der Waals surface area contributed by atoms with Gasteiger partial charge in [-0.2, -0.15) is 0 Å². The van der Waals surface area contributed by atoms with Crippen LogP contribution in [-0.2, 0) is 9.53 Å². The number of carbonyl (C=O) groups is 2. The highest BCUT2D eigenvalue weighted by Gasteiger charge is 2.25. The predicted molar refractivity (Wildman–Crippen MR) is 81.9 cm³/mol. The molecule has 1 amide bonds. The summed E-state index contributed by atoms with van der Waals surface area (Å²) < 4.78 is 4.66. The van der Waals surface area contributed by atoms with Gasteiger partial charge < -0.3 is 15.8 Å². The third-order valence-corrected chi connectivity index (χ3v) is 4.09. The summed E-state index contributed by atoms with van der Waals surface area (Å²) in [5.41, 5.74) is 5.29. The minimum absolute atomic E-state index is 0.104. The first-order valence-electron chi connectivity index (χ1n) is 6.74. The van der Waals surface area contributed by atoms with Gasteiger partial charge in [-0.1, -0.05) is 0 Å². The molecular weight excluding hydrogens is 310 g/mol. The number of nitrogens with two attached hydrogens (primary N) is 1.